The third-order valence-corrected chi connectivity index (χ3v) is 18.9. The number of carbonyl (C=O) groups is 4. The Bertz CT molecular complexity index is 4300. The first-order valence-corrected chi connectivity index (χ1v) is 33.9. The molecular weight excluding hydrogens is 1140 g/mol. The molecule has 0 saturated heterocycles. The monoisotopic (exact) mass is 1220 g/mol. The van der Waals surface area contributed by atoms with Crippen LogP contribution in [0, 0.1) is 0 Å². The molecule has 2 aliphatic rings. The van der Waals surface area contributed by atoms with Crippen LogP contribution in [-0.2, 0) is 0 Å². The van der Waals surface area contributed by atoms with Gasteiger partial charge in [-0.1, -0.05) is 214 Å². The van der Waals surface area contributed by atoms with E-state index in [1.165, 1.54) is 86.8 Å². The van der Waals surface area contributed by atoms with Gasteiger partial charge in [-0.2, -0.15) is 0 Å². The molecule has 2 aliphatic heterocycles. The minimum atomic E-state index is -0.373. The van der Waals surface area contributed by atoms with Crippen LogP contribution in [0.4, 0.5) is 11.4 Å². The van der Waals surface area contributed by atoms with E-state index in [1.807, 2.05) is 134 Å². The smallest absolute Gasteiger partial charge is 0.261 e. The zero-order valence-electron chi connectivity index (χ0n) is 53.1. The van der Waals surface area contributed by atoms with Gasteiger partial charge in [0.15, 0.2) is 0 Å². The number of hydrogen-bond acceptors (Lipinski definition) is 8. The standard InChI is InChI=1S/C82H80N4O6/c1-3-5-7-9-11-13-15-17-19-25-49-85-79(87)65-47-45-63-76-72(92-60-43-39-56(40-44-60)54-84-70-36-28-32-58-30-22-24-34-62(58)70)52-68-74-66(80(88)86(82(68)90)50-26-20-18-16-14-12-10-8-6-4-2)48-46-64(78(74)76)75-71(51-67(81(85)89)73(65)77(63)75)91-59-41-37-55(38-42-59)53-83-69-35-27-31-57-29-21-23-33-61(57)69/h21-24,27-48,51-54H,3-20,25-26,49-50H2,1-2H3. The van der Waals surface area contributed by atoms with E-state index in [4.69, 9.17) is 19.5 Å². The van der Waals surface area contributed by atoms with Gasteiger partial charge in [-0.3, -0.25) is 39.0 Å². The predicted octanol–water partition coefficient (Wildman–Crippen LogP) is 22.2. The quantitative estimate of drug-likeness (QED) is 0.0145. The van der Waals surface area contributed by atoms with Crippen LogP contribution in [0.1, 0.15) is 195 Å². The van der Waals surface area contributed by atoms with Crippen molar-refractivity contribution in [2.45, 2.75) is 142 Å². The molecule has 0 saturated carbocycles. The average Bonchev–Trinajstić information content (AvgIpc) is 0.683. The van der Waals surface area contributed by atoms with Crippen LogP contribution >= 0.6 is 0 Å². The Morgan fingerprint density at radius 1 is 0.326 bits per heavy atom. The fourth-order valence-corrected chi connectivity index (χ4v) is 14.0. The topological polar surface area (TPSA) is 118 Å². The molecule has 0 spiro atoms. The van der Waals surface area contributed by atoms with Gasteiger partial charge in [0.2, 0.25) is 0 Å². The Morgan fingerprint density at radius 3 is 1.07 bits per heavy atom. The Morgan fingerprint density at radius 2 is 0.674 bits per heavy atom. The van der Waals surface area contributed by atoms with E-state index >= 15 is 9.59 Å². The summed E-state index contributed by atoms with van der Waals surface area (Å²) in [6.45, 7) is 5.08. The summed E-state index contributed by atoms with van der Waals surface area (Å²) in [5.41, 5.74) is 5.05. The van der Waals surface area contributed by atoms with Crippen molar-refractivity contribution < 1.29 is 28.7 Å². The number of unbranched alkanes of at least 4 members (excludes halogenated alkanes) is 18. The van der Waals surface area contributed by atoms with Gasteiger partial charge < -0.3 is 9.47 Å². The number of carbonyl (C=O) groups excluding carboxylic acids is 4. The maximum atomic E-state index is 15.3. The second-order valence-electron chi connectivity index (χ2n) is 25.2. The summed E-state index contributed by atoms with van der Waals surface area (Å²) in [6.07, 6.45) is 26.3. The van der Waals surface area contributed by atoms with Gasteiger partial charge in [0.1, 0.15) is 23.0 Å². The summed E-state index contributed by atoms with van der Waals surface area (Å²) >= 11 is 0. The maximum Gasteiger partial charge on any atom is 0.261 e. The molecule has 10 nitrogen and oxygen atoms in total. The van der Waals surface area contributed by atoms with Crippen LogP contribution in [-0.4, -0.2) is 58.9 Å². The Labute approximate surface area is 539 Å². The first-order valence-electron chi connectivity index (χ1n) is 33.9. The highest BCUT2D eigenvalue weighted by atomic mass is 16.5. The van der Waals surface area contributed by atoms with Crippen molar-refractivity contribution in [2.24, 2.45) is 9.98 Å². The molecule has 0 unspecified atom stereocenters. The Hall–Kier alpha value is -9.54. The highest BCUT2D eigenvalue weighted by molar-refractivity contribution is 6.43. The molecule has 0 fully saturated rings. The molecule has 464 valence electrons. The van der Waals surface area contributed by atoms with Crippen LogP contribution in [0.3, 0.4) is 0 Å². The van der Waals surface area contributed by atoms with Crippen LogP contribution in [0.2, 0.25) is 0 Å². The fourth-order valence-electron chi connectivity index (χ4n) is 14.0. The number of aliphatic imine (C=N–C) groups is 2. The molecule has 11 aromatic carbocycles. The lowest BCUT2D eigenvalue weighted by atomic mass is 9.81. The first-order chi connectivity index (χ1) is 45.3. The van der Waals surface area contributed by atoms with Gasteiger partial charge in [-0.05, 0) is 130 Å². The summed E-state index contributed by atoms with van der Waals surface area (Å²) in [5, 5.41) is 9.40. The molecule has 4 amide bonds. The Kier molecular flexibility index (Phi) is 18.9. The lowest BCUT2D eigenvalue weighted by Gasteiger charge is -2.31. The van der Waals surface area contributed by atoms with E-state index in [9.17, 15) is 9.59 Å². The van der Waals surface area contributed by atoms with E-state index in [0.717, 1.165) is 82.6 Å². The van der Waals surface area contributed by atoms with Crippen molar-refractivity contribution in [2.75, 3.05) is 13.1 Å². The largest absolute Gasteiger partial charge is 0.457 e. The predicted molar refractivity (Wildman–Crippen MR) is 378 cm³/mol. The van der Waals surface area contributed by atoms with Crippen molar-refractivity contribution in [1.29, 1.82) is 0 Å². The van der Waals surface area contributed by atoms with Gasteiger partial charge in [0.25, 0.3) is 23.6 Å². The van der Waals surface area contributed by atoms with Gasteiger partial charge in [0.05, 0.1) is 22.5 Å². The molecular formula is C82H80N4O6. The van der Waals surface area contributed by atoms with Crippen molar-refractivity contribution in [1.82, 2.24) is 9.80 Å². The van der Waals surface area contributed by atoms with Crippen molar-refractivity contribution in [3.8, 4) is 23.0 Å². The molecule has 0 N–H and O–H groups in total. The summed E-state index contributed by atoms with van der Waals surface area (Å²) in [4.78, 5) is 73.1. The SMILES string of the molecule is CCCCCCCCCCCCN1C(=O)c2ccc3c4c(Oc5ccc(C=Nc6cccc7ccccc67)cc5)cc5c6c(ccc(c7c(Oc8ccc(C=Nc9cccc%10ccccc9%10)cc8)cc(c2c37)C1=O)c64)C(=O)N(CCCCCCCCCCCC)C5=O. The lowest BCUT2D eigenvalue weighted by Crippen LogP contribution is -2.41. The highest BCUT2D eigenvalue weighted by Crippen LogP contribution is 2.53. The Balaban J connectivity index is 0.901. The molecule has 2 heterocycles. The van der Waals surface area contributed by atoms with Crippen molar-refractivity contribution in [3.63, 3.8) is 0 Å². The molecule has 0 radical (unpaired) electrons. The van der Waals surface area contributed by atoms with E-state index in [-0.39, 0.29) is 23.6 Å². The molecule has 92 heavy (non-hydrogen) atoms. The normalized spacial score (nSPS) is 13.4. The first kappa shape index (κ1) is 61.3. The molecule has 0 bridgehead atoms. The van der Waals surface area contributed by atoms with Crippen molar-refractivity contribution >= 4 is 112 Å². The van der Waals surface area contributed by atoms with Crippen LogP contribution < -0.4 is 9.47 Å². The van der Waals surface area contributed by atoms with E-state index in [0.29, 0.717) is 114 Å². The van der Waals surface area contributed by atoms with E-state index in [1.54, 1.807) is 12.1 Å². The number of imide groups is 2. The third-order valence-electron chi connectivity index (χ3n) is 18.9. The third kappa shape index (κ3) is 12.6. The number of benzene rings is 11. The van der Waals surface area contributed by atoms with Gasteiger partial charge in [-0.25, -0.2) is 0 Å². The van der Waals surface area contributed by atoms with Gasteiger partial charge >= 0.3 is 0 Å². The van der Waals surface area contributed by atoms with E-state index in [2.05, 4.69) is 50.2 Å². The second kappa shape index (κ2) is 28.3. The second-order valence-corrected chi connectivity index (χ2v) is 25.2. The van der Waals surface area contributed by atoms with E-state index < -0.39 is 0 Å². The maximum absolute atomic E-state index is 15.3. The summed E-state index contributed by atoms with van der Waals surface area (Å²) in [6, 6.07) is 55.1. The zero-order valence-corrected chi connectivity index (χ0v) is 53.1. The summed E-state index contributed by atoms with van der Waals surface area (Å²) in [5.74, 6) is 0.423. The highest BCUT2D eigenvalue weighted by Gasteiger charge is 2.39. The molecule has 0 aliphatic carbocycles. The average molecular weight is 1220 g/mol. The molecule has 13 rings (SSSR count). The van der Waals surface area contributed by atoms with Crippen LogP contribution in [0.25, 0.3) is 64.6 Å². The number of rotatable bonds is 30. The van der Waals surface area contributed by atoms with Crippen molar-refractivity contribution in [3.05, 3.63) is 203 Å². The minimum absolute atomic E-state index is 0.300. The number of ether oxygens (including phenoxy) is 2. The number of fused-ring (bicyclic) bond motifs is 4. The molecule has 0 aromatic heterocycles. The number of nitrogens with zero attached hydrogens (tertiary/aromatic N) is 4. The van der Waals surface area contributed by atoms with Crippen LogP contribution in [0.5, 0.6) is 23.0 Å². The summed E-state index contributed by atoms with van der Waals surface area (Å²) in [7, 11) is 0. The van der Waals surface area contributed by atoms with Gasteiger partial charge in [0, 0.05) is 79.7 Å². The summed E-state index contributed by atoms with van der Waals surface area (Å²) < 4.78 is 14.2. The van der Waals surface area contributed by atoms with Crippen LogP contribution in [0.15, 0.2) is 180 Å². The van der Waals surface area contributed by atoms with Gasteiger partial charge in [-0.15, -0.1) is 0 Å². The molecule has 0 atom stereocenters. The number of amides is 4. The lowest BCUT2D eigenvalue weighted by molar-refractivity contribution is 0.0592. The zero-order chi connectivity index (χ0) is 62.9. The molecule has 11 aromatic rings. The molecule has 10 heteroatoms. The fraction of sp³-hybridized carbons (Fsp3) is 0.293. The minimum Gasteiger partial charge on any atom is -0.457 e. The number of hydrogen-bond donors (Lipinski definition) is 0.